The molecule has 20 heavy (non-hydrogen) atoms. The highest BCUT2D eigenvalue weighted by atomic mass is 32.2. The fourth-order valence-corrected chi connectivity index (χ4v) is 3.96. The summed E-state index contributed by atoms with van der Waals surface area (Å²) in [4.78, 5) is 0. The molecule has 2 rings (SSSR count). The van der Waals surface area contributed by atoms with Crippen LogP contribution in [-0.4, -0.2) is 24.1 Å². The second-order valence-electron chi connectivity index (χ2n) is 5.19. The van der Waals surface area contributed by atoms with Crippen LogP contribution >= 0.6 is 11.8 Å². The number of alkyl halides is 3. The molecule has 1 aromatic rings. The van der Waals surface area contributed by atoms with Crippen molar-refractivity contribution in [3.8, 4) is 0 Å². The summed E-state index contributed by atoms with van der Waals surface area (Å²) >= 11 is 1.96. The molecule has 5 heteroatoms. The maximum Gasteiger partial charge on any atom is 0.416 e. The van der Waals surface area contributed by atoms with Crippen LogP contribution < -0.4 is 5.32 Å². The Balaban J connectivity index is 2.02. The minimum Gasteiger partial charge on any atom is -0.314 e. The summed E-state index contributed by atoms with van der Waals surface area (Å²) in [5.41, 5.74) is 0.401. The van der Waals surface area contributed by atoms with E-state index in [4.69, 9.17) is 0 Å². The van der Waals surface area contributed by atoms with E-state index in [0.29, 0.717) is 12.0 Å². The molecule has 0 saturated carbocycles. The first-order valence-corrected chi connectivity index (χ1v) is 8.13. The SMILES string of the molecule is CCNC(Cc1ccc(C(F)(F)F)cc1)C1CCSC1. The van der Waals surface area contributed by atoms with Gasteiger partial charge in [-0.2, -0.15) is 24.9 Å². The van der Waals surface area contributed by atoms with Crippen molar-refractivity contribution >= 4 is 11.8 Å². The molecule has 1 heterocycles. The predicted octanol–water partition coefficient (Wildman–Crippen LogP) is 3.98. The molecule has 112 valence electrons. The van der Waals surface area contributed by atoms with Gasteiger partial charge in [0.1, 0.15) is 0 Å². The van der Waals surface area contributed by atoms with Gasteiger partial charge in [0.2, 0.25) is 0 Å². The molecule has 0 amide bonds. The van der Waals surface area contributed by atoms with E-state index < -0.39 is 11.7 Å². The van der Waals surface area contributed by atoms with E-state index in [-0.39, 0.29) is 0 Å². The Morgan fingerprint density at radius 3 is 2.50 bits per heavy atom. The van der Waals surface area contributed by atoms with Gasteiger partial charge in [-0.3, -0.25) is 0 Å². The summed E-state index contributed by atoms with van der Waals surface area (Å²) in [6.45, 7) is 2.97. The molecule has 1 aliphatic rings. The summed E-state index contributed by atoms with van der Waals surface area (Å²) in [6, 6.07) is 5.94. The van der Waals surface area contributed by atoms with Crippen LogP contribution in [0.5, 0.6) is 0 Å². The molecule has 1 N–H and O–H groups in total. The second-order valence-corrected chi connectivity index (χ2v) is 6.34. The minimum absolute atomic E-state index is 0.367. The normalized spacial score (nSPS) is 21.1. The van der Waals surface area contributed by atoms with Gasteiger partial charge in [-0.25, -0.2) is 0 Å². The third-order valence-electron chi connectivity index (χ3n) is 3.74. The van der Waals surface area contributed by atoms with Crippen molar-refractivity contribution in [1.82, 2.24) is 5.32 Å². The molecular formula is C15H20F3NS. The summed E-state index contributed by atoms with van der Waals surface area (Å²) < 4.78 is 37.6. The van der Waals surface area contributed by atoms with Crippen molar-refractivity contribution in [1.29, 1.82) is 0 Å². The van der Waals surface area contributed by atoms with Crippen LogP contribution in [0.1, 0.15) is 24.5 Å². The molecule has 1 nitrogen and oxygen atoms in total. The number of likely N-dealkylation sites (N-methyl/N-ethyl adjacent to an activating group) is 1. The molecule has 2 atom stereocenters. The zero-order valence-electron chi connectivity index (χ0n) is 11.5. The summed E-state index contributed by atoms with van der Waals surface area (Å²) in [7, 11) is 0. The summed E-state index contributed by atoms with van der Waals surface area (Å²) in [6.07, 6.45) is -2.25. The average molecular weight is 303 g/mol. The molecule has 0 aromatic heterocycles. The van der Waals surface area contributed by atoms with Crippen LogP contribution in [0.4, 0.5) is 13.2 Å². The van der Waals surface area contributed by atoms with E-state index in [1.165, 1.54) is 24.3 Å². The van der Waals surface area contributed by atoms with Gasteiger partial charge in [0.25, 0.3) is 0 Å². The fourth-order valence-electron chi connectivity index (χ4n) is 2.62. The number of halogens is 3. The highest BCUT2D eigenvalue weighted by molar-refractivity contribution is 7.99. The van der Waals surface area contributed by atoms with Crippen LogP contribution in [-0.2, 0) is 12.6 Å². The number of hydrogen-bond acceptors (Lipinski definition) is 2. The van der Waals surface area contributed by atoms with Gasteiger partial charge >= 0.3 is 6.18 Å². The highest BCUT2D eigenvalue weighted by Gasteiger charge is 2.30. The molecule has 1 aromatic carbocycles. The Kier molecular flexibility index (Phi) is 5.38. The Labute approximate surface area is 122 Å². The summed E-state index contributed by atoms with van der Waals surface area (Å²) in [5, 5.41) is 3.48. The minimum atomic E-state index is -4.25. The first-order valence-electron chi connectivity index (χ1n) is 6.98. The van der Waals surface area contributed by atoms with E-state index in [9.17, 15) is 13.2 Å². The first kappa shape index (κ1) is 15.7. The van der Waals surface area contributed by atoms with Crippen LogP contribution in [0.3, 0.4) is 0 Å². The second kappa shape index (κ2) is 6.85. The third-order valence-corrected chi connectivity index (χ3v) is 4.93. The molecule has 1 fully saturated rings. The molecule has 0 spiro atoms. The Bertz CT molecular complexity index is 410. The number of benzene rings is 1. The largest absolute Gasteiger partial charge is 0.416 e. The van der Waals surface area contributed by atoms with Crippen molar-refractivity contribution < 1.29 is 13.2 Å². The van der Waals surface area contributed by atoms with E-state index in [2.05, 4.69) is 12.2 Å². The summed E-state index contributed by atoms with van der Waals surface area (Å²) in [5.74, 6) is 2.97. The van der Waals surface area contributed by atoms with Crippen molar-refractivity contribution in [3.63, 3.8) is 0 Å². The number of nitrogens with one attached hydrogen (secondary N) is 1. The van der Waals surface area contributed by atoms with Crippen molar-refractivity contribution in [2.45, 2.75) is 32.0 Å². The lowest BCUT2D eigenvalue weighted by Gasteiger charge is -2.24. The van der Waals surface area contributed by atoms with Crippen LogP contribution in [0.2, 0.25) is 0 Å². The Morgan fingerprint density at radius 1 is 1.30 bits per heavy atom. The lowest BCUT2D eigenvalue weighted by Crippen LogP contribution is -2.38. The number of thioether (sulfide) groups is 1. The molecule has 0 bridgehead atoms. The third kappa shape index (κ3) is 4.16. The van der Waals surface area contributed by atoms with Gasteiger partial charge in [0, 0.05) is 6.04 Å². The van der Waals surface area contributed by atoms with Crippen LogP contribution in [0.25, 0.3) is 0 Å². The molecule has 2 unspecified atom stereocenters. The van der Waals surface area contributed by atoms with E-state index in [1.807, 2.05) is 11.8 Å². The van der Waals surface area contributed by atoms with Crippen molar-refractivity contribution in [2.24, 2.45) is 5.92 Å². The topological polar surface area (TPSA) is 12.0 Å². The van der Waals surface area contributed by atoms with Gasteiger partial charge in [0.15, 0.2) is 0 Å². The van der Waals surface area contributed by atoms with Gasteiger partial charge < -0.3 is 5.32 Å². The lowest BCUT2D eigenvalue weighted by molar-refractivity contribution is -0.137. The smallest absolute Gasteiger partial charge is 0.314 e. The molecular weight excluding hydrogens is 283 g/mol. The monoisotopic (exact) mass is 303 g/mol. The van der Waals surface area contributed by atoms with Crippen molar-refractivity contribution in [2.75, 3.05) is 18.1 Å². The highest BCUT2D eigenvalue weighted by Crippen LogP contribution is 2.30. The first-order chi connectivity index (χ1) is 9.50. The van der Waals surface area contributed by atoms with Gasteiger partial charge in [-0.05, 0) is 54.5 Å². The maximum atomic E-state index is 12.5. The molecule has 1 aliphatic heterocycles. The Morgan fingerprint density at radius 2 is 2.00 bits per heavy atom. The number of rotatable bonds is 5. The van der Waals surface area contributed by atoms with E-state index in [1.54, 1.807) is 12.1 Å². The zero-order valence-corrected chi connectivity index (χ0v) is 12.4. The molecule has 0 radical (unpaired) electrons. The van der Waals surface area contributed by atoms with Crippen LogP contribution in [0, 0.1) is 5.92 Å². The van der Waals surface area contributed by atoms with Crippen LogP contribution in [0.15, 0.2) is 24.3 Å². The van der Waals surface area contributed by atoms with Gasteiger partial charge in [-0.15, -0.1) is 0 Å². The quantitative estimate of drug-likeness (QED) is 0.883. The Hall–Kier alpha value is -0.680. The standard InChI is InChI=1S/C15H20F3NS/c1-2-19-14(12-7-8-20-10-12)9-11-3-5-13(6-4-11)15(16,17)18/h3-6,12,14,19H,2,7-10H2,1H3. The van der Waals surface area contributed by atoms with Gasteiger partial charge in [0.05, 0.1) is 5.56 Å². The van der Waals surface area contributed by atoms with E-state index >= 15 is 0 Å². The average Bonchev–Trinajstić information content (AvgIpc) is 2.91. The van der Waals surface area contributed by atoms with Gasteiger partial charge in [-0.1, -0.05) is 19.1 Å². The lowest BCUT2D eigenvalue weighted by atomic mass is 9.92. The molecule has 1 saturated heterocycles. The zero-order chi connectivity index (χ0) is 14.6. The van der Waals surface area contributed by atoms with Crippen molar-refractivity contribution in [3.05, 3.63) is 35.4 Å². The molecule has 0 aliphatic carbocycles. The number of hydrogen-bond donors (Lipinski definition) is 1. The predicted molar refractivity (Wildman–Crippen MR) is 78.0 cm³/mol. The van der Waals surface area contributed by atoms with E-state index in [0.717, 1.165) is 24.3 Å². The maximum absolute atomic E-state index is 12.5. The fraction of sp³-hybridized carbons (Fsp3) is 0.600.